The lowest BCUT2D eigenvalue weighted by Crippen LogP contribution is -2.07. The second-order valence-electron chi connectivity index (χ2n) is 6.65. The van der Waals surface area contributed by atoms with Crippen molar-refractivity contribution in [2.45, 2.75) is 78.1 Å². The van der Waals surface area contributed by atoms with E-state index in [0.29, 0.717) is 6.42 Å². The van der Waals surface area contributed by atoms with E-state index in [-0.39, 0.29) is 5.92 Å². The van der Waals surface area contributed by atoms with Gasteiger partial charge in [0, 0.05) is 5.75 Å². The summed E-state index contributed by atoms with van der Waals surface area (Å²) in [5.41, 5.74) is 3.06. The van der Waals surface area contributed by atoms with E-state index in [0.717, 1.165) is 24.3 Å². The highest BCUT2D eigenvalue weighted by atomic mass is 32.2. The van der Waals surface area contributed by atoms with Crippen LogP contribution in [0.4, 0.5) is 0 Å². The number of carboxylic acid groups (broad SMARTS) is 1. The van der Waals surface area contributed by atoms with E-state index >= 15 is 0 Å². The van der Waals surface area contributed by atoms with Crippen LogP contribution < -0.4 is 0 Å². The highest BCUT2D eigenvalue weighted by Crippen LogP contribution is 2.08. The zero-order valence-corrected chi connectivity index (χ0v) is 17.6. The monoisotopic (exact) mass is 378 g/mol. The maximum absolute atomic E-state index is 10.6. The fraction of sp³-hybridized carbons (Fsp3) is 0.652. The molecule has 0 fully saturated rings. The van der Waals surface area contributed by atoms with Gasteiger partial charge < -0.3 is 5.11 Å². The number of carbonyl (C=O) groups is 1. The van der Waals surface area contributed by atoms with E-state index in [4.69, 9.17) is 5.11 Å². The van der Waals surface area contributed by atoms with Crippen molar-refractivity contribution >= 4 is 17.7 Å². The van der Waals surface area contributed by atoms with E-state index in [1.165, 1.54) is 44.9 Å². The molecule has 148 valence electrons. The summed E-state index contributed by atoms with van der Waals surface area (Å²) in [6, 6.07) is 0. The number of allylic oxidation sites excluding steroid dienone is 4. The van der Waals surface area contributed by atoms with Gasteiger partial charge in [-0.2, -0.15) is 11.8 Å². The van der Waals surface area contributed by atoms with Gasteiger partial charge in [-0.1, -0.05) is 70.3 Å². The average molecular weight is 379 g/mol. The lowest BCUT2D eigenvalue weighted by Gasteiger charge is -1.98. The summed E-state index contributed by atoms with van der Waals surface area (Å²) in [7, 11) is 0. The molecule has 1 atom stereocenters. The Hall–Kier alpha value is -1.18. The quantitative estimate of drug-likeness (QED) is 0.165. The second-order valence-corrected chi connectivity index (χ2v) is 7.80. The molecule has 26 heavy (non-hydrogen) atoms. The molecule has 0 aromatic heterocycles. The maximum atomic E-state index is 10.6. The van der Waals surface area contributed by atoms with E-state index in [2.05, 4.69) is 37.0 Å². The molecule has 3 heteroatoms. The number of aliphatic carboxylic acids is 1. The number of thioether (sulfide) groups is 1. The van der Waals surface area contributed by atoms with Crippen molar-refractivity contribution in [1.82, 2.24) is 0 Å². The second kappa shape index (κ2) is 20.1. The lowest BCUT2D eigenvalue weighted by atomic mass is 10.1. The van der Waals surface area contributed by atoms with Crippen molar-refractivity contribution in [3.63, 3.8) is 0 Å². The van der Waals surface area contributed by atoms with Crippen molar-refractivity contribution < 1.29 is 9.90 Å². The third-order valence-corrected chi connectivity index (χ3v) is 5.02. The first-order valence-electron chi connectivity index (χ1n) is 10.2. The Kier molecular flexibility index (Phi) is 19.2. The molecule has 1 unspecified atom stereocenters. The van der Waals surface area contributed by atoms with Crippen LogP contribution in [-0.2, 0) is 4.79 Å². The molecular weight excluding hydrogens is 340 g/mol. The Labute approximate surface area is 165 Å². The van der Waals surface area contributed by atoms with Crippen LogP contribution in [0.3, 0.4) is 0 Å². The molecule has 0 amide bonds. The molecule has 0 bridgehead atoms. The fourth-order valence-corrected chi connectivity index (χ4v) is 3.00. The van der Waals surface area contributed by atoms with Crippen molar-refractivity contribution in [3.8, 4) is 0 Å². The van der Waals surface area contributed by atoms with Crippen LogP contribution in [0.15, 0.2) is 42.2 Å². The first kappa shape index (κ1) is 24.8. The molecule has 0 aromatic carbocycles. The van der Waals surface area contributed by atoms with Crippen LogP contribution in [0.1, 0.15) is 78.1 Å². The summed E-state index contributed by atoms with van der Waals surface area (Å²) in [6.07, 6.45) is 25.0. The summed E-state index contributed by atoms with van der Waals surface area (Å²) in [5.74, 6) is 0.973. The number of rotatable bonds is 17. The maximum Gasteiger partial charge on any atom is 0.306 e. The van der Waals surface area contributed by atoms with Gasteiger partial charge in [-0.05, 0) is 50.0 Å². The highest BCUT2D eigenvalue weighted by molar-refractivity contribution is 7.99. The first-order chi connectivity index (χ1) is 12.7. The molecule has 1 N–H and O–H groups in total. The molecule has 0 aliphatic carbocycles. The van der Waals surface area contributed by atoms with Crippen molar-refractivity contribution in [2.24, 2.45) is 5.92 Å². The van der Waals surface area contributed by atoms with Crippen LogP contribution in [0.25, 0.3) is 0 Å². The predicted molar refractivity (Wildman–Crippen MR) is 117 cm³/mol. The topological polar surface area (TPSA) is 37.3 Å². The van der Waals surface area contributed by atoms with Gasteiger partial charge in [0.2, 0.25) is 0 Å². The van der Waals surface area contributed by atoms with E-state index < -0.39 is 5.97 Å². The van der Waals surface area contributed by atoms with Gasteiger partial charge in [0.25, 0.3) is 0 Å². The molecule has 0 saturated carbocycles. The number of carboxylic acids is 1. The minimum absolute atomic E-state index is 0.325. The fourth-order valence-electron chi connectivity index (χ4n) is 2.32. The van der Waals surface area contributed by atoms with Gasteiger partial charge in [0.15, 0.2) is 0 Å². The predicted octanol–water partition coefficient (Wildman–Crippen LogP) is 7.18. The van der Waals surface area contributed by atoms with Crippen LogP contribution in [-0.4, -0.2) is 22.6 Å². The van der Waals surface area contributed by atoms with Crippen molar-refractivity contribution in [3.05, 3.63) is 42.2 Å². The van der Waals surface area contributed by atoms with E-state index in [1.807, 2.05) is 23.9 Å². The zero-order chi connectivity index (χ0) is 19.3. The zero-order valence-electron chi connectivity index (χ0n) is 16.8. The van der Waals surface area contributed by atoms with Gasteiger partial charge in [-0.15, -0.1) is 5.73 Å². The third kappa shape index (κ3) is 19.1. The van der Waals surface area contributed by atoms with E-state index in [9.17, 15) is 4.79 Å². The van der Waals surface area contributed by atoms with Gasteiger partial charge in [-0.3, -0.25) is 4.79 Å². The first-order valence-corrected chi connectivity index (χ1v) is 11.3. The summed E-state index contributed by atoms with van der Waals surface area (Å²) in [5, 5.41) is 8.76. The normalized spacial score (nSPS) is 12.4. The van der Waals surface area contributed by atoms with Crippen molar-refractivity contribution in [2.75, 3.05) is 11.5 Å². The molecular formula is C23H38O2S. The molecule has 0 saturated heterocycles. The Morgan fingerprint density at radius 3 is 2.42 bits per heavy atom. The Bertz CT molecular complexity index is 445. The summed E-state index contributed by atoms with van der Waals surface area (Å²) in [6.45, 7) is 3.97. The Balaban J connectivity index is 3.41. The molecule has 0 aliphatic heterocycles. The third-order valence-electron chi connectivity index (χ3n) is 4.09. The molecule has 0 heterocycles. The number of hydrogen-bond acceptors (Lipinski definition) is 2. The van der Waals surface area contributed by atoms with Crippen LogP contribution in [0, 0.1) is 5.92 Å². The standard InChI is InChI=1S/C23H38O2S/c1-3-4-5-6-7-8-9-10-11-12-13-14-17-20-26-21-18-15-16-19-22(2)23(24)25/h10-11,13-14,16,18,22H,3-9,12,17,19-21H2,1-2H3,(H,24,25)/b11-10-,14-13-. The van der Waals surface area contributed by atoms with Crippen LogP contribution in [0.5, 0.6) is 0 Å². The van der Waals surface area contributed by atoms with Gasteiger partial charge in [0.1, 0.15) is 0 Å². The molecule has 0 aliphatic rings. The number of hydrogen-bond donors (Lipinski definition) is 1. The van der Waals surface area contributed by atoms with Crippen LogP contribution in [0.2, 0.25) is 0 Å². The van der Waals surface area contributed by atoms with Gasteiger partial charge in [-0.25, -0.2) is 0 Å². The van der Waals surface area contributed by atoms with Crippen molar-refractivity contribution in [1.29, 1.82) is 0 Å². The Morgan fingerprint density at radius 1 is 1.00 bits per heavy atom. The van der Waals surface area contributed by atoms with E-state index in [1.54, 1.807) is 6.92 Å². The Morgan fingerprint density at radius 2 is 1.69 bits per heavy atom. The van der Waals surface area contributed by atoms with Gasteiger partial charge >= 0.3 is 5.97 Å². The minimum atomic E-state index is -0.749. The highest BCUT2D eigenvalue weighted by Gasteiger charge is 2.06. The molecule has 0 rings (SSSR count). The molecule has 0 spiro atoms. The summed E-state index contributed by atoms with van der Waals surface area (Å²) < 4.78 is 0. The summed E-state index contributed by atoms with van der Waals surface area (Å²) in [4.78, 5) is 10.6. The molecule has 0 aromatic rings. The lowest BCUT2D eigenvalue weighted by molar-refractivity contribution is -0.140. The summed E-state index contributed by atoms with van der Waals surface area (Å²) >= 11 is 1.88. The minimum Gasteiger partial charge on any atom is -0.481 e. The largest absolute Gasteiger partial charge is 0.481 e. The smallest absolute Gasteiger partial charge is 0.306 e. The average Bonchev–Trinajstić information content (AvgIpc) is 2.63. The number of unbranched alkanes of at least 4 members (excludes halogenated alkanes) is 6. The molecule has 2 nitrogen and oxygen atoms in total. The SMILES string of the molecule is CCCCCCCC/C=C\C/C=C\CCSCC=C=CCC(C)C(=O)O. The molecule has 0 radical (unpaired) electrons. The van der Waals surface area contributed by atoms with Crippen LogP contribution >= 0.6 is 11.8 Å². The van der Waals surface area contributed by atoms with Gasteiger partial charge in [0.05, 0.1) is 5.92 Å².